The average molecular weight is 374 g/mol. The Morgan fingerprint density at radius 1 is 1.36 bits per heavy atom. The molecule has 2 aliphatic rings. The second-order valence-electron chi connectivity index (χ2n) is 6.35. The summed E-state index contributed by atoms with van der Waals surface area (Å²) in [5, 5.41) is 25.6. The van der Waals surface area contributed by atoms with Crippen molar-refractivity contribution in [2.75, 3.05) is 11.1 Å². The minimum absolute atomic E-state index is 0.123. The molecule has 2 aromatic heterocycles. The summed E-state index contributed by atoms with van der Waals surface area (Å²) < 4.78 is 1.85. The zero-order valence-electron chi connectivity index (χ0n) is 13.7. The fourth-order valence-corrected chi connectivity index (χ4v) is 5.56. The molecule has 1 amide bonds. The maximum Gasteiger partial charge on any atom is 0.235 e. The normalized spacial score (nSPS) is 16.8. The number of hydrogen-bond acceptors (Lipinski definition) is 7. The number of anilines is 1. The lowest BCUT2D eigenvalue weighted by molar-refractivity contribution is -0.113. The van der Waals surface area contributed by atoms with Crippen molar-refractivity contribution in [2.45, 2.75) is 56.1 Å². The summed E-state index contributed by atoms with van der Waals surface area (Å²) >= 11 is 2.89. The number of amides is 1. The number of aromatic nitrogens is 4. The van der Waals surface area contributed by atoms with Crippen molar-refractivity contribution < 1.29 is 4.79 Å². The monoisotopic (exact) mass is 374 g/mol. The summed E-state index contributed by atoms with van der Waals surface area (Å²) in [7, 11) is 0. The van der Waals surface area contributed by atoms with E-state index in [4.69, 9.17) is 0 Å². The Balaban J connectivity index is 1.39. The first-order valence-corrected chi connectivity index (χ1v) is 10.3. The van der Waals surface area contributed by atoms with Crippen LogP contribution >= 0.6 is 23.1 Å². The molecule has 0 radical (unpaired) electrons. The van der Waals surface area contributed by atoms with Gasteiger partial charge in [-0.25, -0.2) is 4.68 Å². The third-order valence-corrected chi connectivity index (χ3v) is 6.89. The smallest absolute Gasteiger partial charge is 0.235 e. The minimum Gasteiger partial charge on any atom is -0.316 e. The molecule has 25 heavy (non-hydrogen) atoms. The van der Waals surface area contributed by atoms with Gasteiger partial charge in [0.25, 0.3) is 0 Å². The maximum absolute atomic E-state index is 12.3. The topological polar surface area (TPSA) is 96.5 Å². The van der Waals surface area contributed by atoms with Crippen LogP contribution < -0.4 is 5.32 Å². The first-order chi connectivity index (χ1) is 12.3. The van der Waals surface area contributed by atoms with Crippen LogP contribution in [0, 0.1) is 11.3 Å². The predicted octanol–water partition coefficient (Wildman–Crippen LogP) is 2.94. The SMILES string of the molecule is N#Cc1c(NC(=O)CSc2nnnn2C2CCCC2)sc2c1CCC2. The molecule has 0 spiro atoms. The molecule has 0 bridgehead atoms. The first-order valence-electron chi connectivity index (χ1n) is 8.51. The van der Waals surface area contributed by atoms with E-state index in [1.807, 2.05) is 4.68 Å². The van der Waals surface area contributed by atoms with E-state index in [0.717, 1.165) is 37.7 Å². The predicted molar refractivity (Wildman–Crippen MR) is 95.7 cm³/mol. The second kappa shape index (κ2) is 7.14. The molecule has 0 unspecified atom stereocenters. The van der Waals surface area contributed by atoms with Crippen molar-refractivity contribution in [1.82, 2.24) is 20.2 Å². The van der Waals surface area contributed by atoms with Gasteiger partial charge in [0.2, 0.25) is 11.1 Å². The molecule has 0 atom stereocenters. The molecule has 2 aromatic rings. The molecule has 1 saturated carbocycles. The summed E-state index contributed by atoms with van der Waals surface area (Å²) in [5.74, 6) is 0.114. The van der Waals surface area contributed by atoms with Gasteiger partial charge in [-0.3, -0.25) is 4.79 Å². The fraction of sp³-hybridized carbons (Fsp3) is 0.562. The van der Waals surface area contributed by atoms with E-state index >= 15 is 0 Å². The zero-order valence-corrected chi connectivity index (χ0v) is 15.3. The molecule has 0 aromatic carbocycles. The number of hydrogen-bond donors (Lipinski definition) is 1. The molecule has 0 saturated heterocycles. The molecule has 9 heteroatoms. The molecule has 1 N–H and O–H groups in total. The molecule has 2 aliphatic carbocycles. The van der Waals surface area contributed by atoms with Gasteiger partial charge in [0, 0.05) is 4.88 Å². The summed E-state index contributed by atoms with van der Waals surface area (Å²) in [4.78, 5) is 13.6. The van der Waals surface area contributed by atoms with E-state index < -0.39 is 0 Å². The first kappa shape index (κ1) is 16.5. The van der Waals surface area contributed by atoms with Gasteiger partial charge in [-0.1, -0.05) is 24.6 Å². The number of rotatable bonds is 5. The molecule has 4 rings (SSSR count). The quantitative estimate of drug-likeness (QED) is 0.808. The van der Waals surface area contributed by atoms with E-state index in [-0.39, 0.29) is 11.7 Å². The zero-order chi connectivity index (χ0) is 17.2. The number of carbonyl (C=O) groups is 1. The standard InChI is InChI=1S/C16H18N6OS2/c17-8-12-11-6-3-7-13(11)25-15(12)18-14(23)9-24-16-19-20-21-22(16)10-4-1-2-5-10/h10H,1-7,9H2,(H,18,23). The third-order valence-electron chi connectivity index (χ3n) is 4.75. The van der Waals surface area contributed by atoms with Crippen molar-refractivity contribution in [3.63, 3.8) is 0 Å². The molecule has 2 heterocycles. The molecule has 1 fully saturated rings. The number of thiophene rings is 1. The van der Waals surface area contributed by atoms with Gasteiger partial charge in [-0.05, 0) is 48.1 Å². The summed E-state index contributed by atoms with van der Waals surface area (Å²) in [6, 6.07) is 2.60. The van der Waals surface area contributed by atoms with E-state index in [2.05, 4.69) is 26.9 Å². The van der Waals surface area contributed by atoms with Crippen LogP contribution in [-0.4, -0.2) is 31.9 Å². The number of aryl methyl sites for hydroxylation is 1. The Kier molecular flexibility index (Phi) is 4.72. The van der Waals surface area contributed by atoms with Crippen LogP contribution in [0.15, 0.2) is 5.16 Å². The lowest BCUT2D eigenvalue weighted by Crippen LogP contribution is -2.15. The van der Waals surface area contributed by atoms with Crippen LogP contribution in [0.2, 0.25) is 0 Å². The number of nitrogens with one attached hydrogen (secondary N) is 1. The van der Waals surface area contributed by atoms with E-state index in [9.17, 15) is 10.1 Å². The highest BCUT2D eigenvalue weighted by molar-refractivity contribution is 7.99. The molecule has 130 valence electrons. The van der Waals surface area contributed by atoms with Crippen LogP contribution in [0.5, 0.6) is 0 Å². The lowest BCUT2D eigenvalue weighted by Gasteiger charge is -2.10. The van der Waals surface area contributed by atoms with E-state index in [1.54, 1.807) is 0 Å². The third kappa shape index (κ3) is 3.28. The highest BCUT2D eigenvalue weighted by Crippen LogP contribution is 2.38. The molecule has 0 aliphatic heterocycles. The second-order valence-corrected chi connectivity index (χ2v) is 8.40. The highest BCUT2D eigenvalue weighted by atomic mass is 32.2. The molecular formula is C16H18N6OS2. The van der Waals surface area contributed by atoms with Crippen molar-refractivity contribution >= 4 is 34.0 Å². The van der Waals surface area contributed by atoms with Gasteiger partial charge in [0.1, 0.15) is 11.1 Å². The Morgan fingerprint density at radius 3 is 3.00 bits per heavy atom. The van der Waals surface area contributed by atoms with Crippen LogP contribution in [-0.2, 0) is 17.6 Å². The van der Waals surface area contributed by atoms with Crippen molar-refractivity contribution in [2.24, 2.45) is 0 Å². The Hall–Kier alpha value is -1.92. The fourth-order valence-electron chi connectivity index (χ4n) is 3.56. The number of nitrogens with zero attached hydrogens (tertiary/aromatic N) is 5. The van der Waals surface area contributed by atoms with Crippen molar-refractivity contribution in [3.8, 4) is 6.07 Å². The van der Waals surface area contributed by atoms with Crippen molar-refractivity contribution in [1.29, 1.82) is 5.26 Å². The van der Waals surface area contributed by atoms with E-state index in [0.29, 0.717) is 21.8 Å². The summed E-state index contributed by atoms with van der Waals surface area (Å²) in [5.41, 5.74) is 1.77. The lowest BCUT2D eigenvalue weighted by atomic mass is 10.1. The van der Waals surface area contributed by atoms with Crippen molar-refractivity contribution in [3.05, 3.63) is 16.0 Å². The van der Waals surface area contributed by atoms with Crippen LogP contribution in [0.4, 0.5) is 5.00 Å². The highest BCUT2D eigenvalue weighted by Gasteiger charge is 2.24. The van der Waals surface area contributed by atoms with Gasteiger partial charge >= 0.3 is 0 Å². The Bertz CT molecular complexity index is 830. The maximum atomic E-state index is 12.3. The number of tetrazole rings is 1. The summed E-state index contributed by atoms with van der Waals surface area (Å²) in [6.45, 7) is 0. The number of nitriles is 1. The van der Waals surface area contributed by atoms with Gasteiger partial charge in [0.05, 0.1) is 17.4 Å². The minimum atomic E-state index is -0.123. The Labute approximate surface area is 153 Å². The molecule has 7 nitrogen and oxygen atoms in total. The number of fused-ring (bicyclic) bond motifs is 1. The van der Waals surface area contributed by atoms with E-state index in [1.165, 1.54) is 40.8 Å². The van der Waals surface area contributed by atoms with Crippen LogP contribution in [0.25, 0.3) is 0 Å². The molecular weight excluding hydrogens is 356 g/mol. The van der Waals surface area contributed by atoms with Gasteiger partial charge in [-0.15, -0.1) is 16.4 Å². The van der Waals surface area contributed by atoms with Crippen LogP contribution in [0.1, 0.15) is 54.1 Å². The van der Waals surface area contributed by atoms with Gasteiger partial charge in [0.15, 0.2) is 0 Å². The van der Waals surface area contributed by atoms with Gasteiger partial charge in [-0.2, -0.15) is 5.26 Å². The average Bonchev–Trinajstić information content (AvgIpc) is 3.36. The number of carbonyl (C=O) groups excluding carboxylic acids is 1. The van der Waals surface area contributed by atoms with Gasteiger partial charge < -0.3 is 5.32 Å². The summed E-state index contributed by atoms with van der Waals surface area (Å²) in [6.07, 6.45) is 7.65. The Morgan fingerprint density at radius 2 is 2.20 bits per heavy atom. The number of thioether (sulfide) groups is 1. The largest absolute Gasteiger partial charge is 0.316 e. The van der Waals surface area contributed by atoms with Crippen LogP contribution in [0.3, 0.4) is 0 Å².